The summed E-state index contributed by atoms with van der Waals surface area (Å²) in [5.41, 5.74) is 0.790. The van der Waals surface area contributed by atoms with Gasteiger partial charge in [0.25, 0.3) is 0 Å². The van der Waals surface area contributed by atoms with E-state index in [0.717, 1.165) is 23.4 Å². The van der Waals surface area contributed by atoms with Gasteiger partial charge in [0.05, 0.1) is 0 Å². The molecule has 0 amide bonds. The number of nitrogens with zero attached hydrogens (tertiary/aromatic N) is 1. The average molecular weight is 250 g/mol. The van der Waals surface area contributed by atoms with Crippen molar-refractivity contribution in [3.63, 3.8) is 0 Å². The summed E-state index contributed by atoms with van der Waals surface area (Å²) in [6.45, 7) is 8.65. The zero-order valence-corrected chi connectivity index (χ0v) is 12.3. The van der Waals surface area contributed by atoms with Crippen LogP contribution in [-0.2, 0) is 0 Å². The van der Waals surface area contributed by atoms with Crippen molar-refractivity contribution in [2.45, 2.75) is 70.9 Å². The lowest BCUT2D eigenvalue weighted by molar-refractivity contribution is 0.103. The fourth-order valence-corrected chi connectivity index (χ4v) is 3.95. The molecule has 18 heavy (non-hydrogen) atoms. The summed E-state index contributed by atoms with van der Waals surface area (Å²) >= 11 is 0. The molecule has 1 saturated heterocycles. The van der Waals surface area contributed by atoms with Crippen molar-refractivity contribution < 1.29 is 0 Å². The van der Waals surface area contributed by atoms with Crippen LogP contribution in [0.15, 0.2) is 0 Å². The first-order valence-corrected chi connectivity index (χ1v) is 8.21. The SMILES string of the molecule is CCCNC1CCN(CC2(C3CC3)CC2)C(C)C1. The molecule has 2 heteroatoms. The summed E-state index contributed by atoms with van der Waals surface area (Å²) in [4.78, 5) is 2.80. The van der Waals surface area contributed by atoms with Crippen molar-refractivity contribution in [2.75, 3.05) is 19.6 Å². The van der Waals surface area contributed by atoms with Gasteiger partial charge in [-0.25, -0.2) is 0 Å². The van der Waals surface area contributed by atoms with Crippen molar-refractivity contribution in [1.29, 1.82) is 0 Å². The van der Waals surface area contributed by atoms with Crippen molar-refractivity contribution >= 4 is 0 Å². The van der Waals surface area contributed by atoms with Gasteiger partial charge in [-0.2, -0.15) is 0 Å². The van der Waals surface area contributed by atoms with Crippen molar-refractivity contribution in [2.24, 2.45) is 11.3 Å². The number of hydrogen-bond donors (Lipinski definition) is 1. The van der Waals surface area contributed by atoms with E-state index in [9.17, 15) is 0 Å². The van der Waals surface area contributed by atoms with Gasteiger partial charge in [0, 0.05) is 18.6 Å². The van der Waals surface area contributed by atoms with E-state index in [2.05, 4.69) is 24.1 Å². The molecule has 2 saturated carbocycles. The Hall–Kier alpha value is -0.0800. The molecule has 0 aromatic heterocycles. The fourth-order valence-electron chi connectivity index (χ4n) is 3.95. The summed E-state index contributed by atoms with van der Waals surface area (Å²) < 4.78 is 0. The number of likely N-dealkylation sites (tertiary alicyclic amines) is 1. The highest BCUT2D eigenvalue weighted by atomic mass is 15.2. The Morgan fingerprint density at radius 2 is 2.00 bits per heavy atom. The maximum atomic E-state index is 3.71. The smallest absolute Gasteiger partial charge is 0.00940 e. The third kappa shape index (κ3) is 2.75. The molecule has 1 N–H and O–H groups in total. The molecular formula is C16H30N2. The molecule has 1 aliphatic heterocycles. The van der Waals surface area contributed by atoms with Gasteiger partial charge in [-0.1, -0.05) is 6.92 Å². The third-order valence-electron chi connectivity index (χ3n) is 5.55. The lowest BCUT2D eigenvalue weighted by Gasteiger charge is -2.40. The molecule has 0 bridgehead atoms. The van der Waals surface area contributed by atoms with Gasteiger partial charge in [-0.15, -0.1) is 0 Å². The molecule has 1 heterocycles. The van der Waals surface area contributed by atoms with Gasteiger partial charge in [-0.05, 0) is 76.3 Å². The first-order chi connectivity index (χ1) is 8.73. The van der Waals surface area contributed by atoms with E-state index in [1.807, 2.05) is 0 Å². The molecule has 2 nitrogen and oxygen atoms in total. The molecule has 0 spiro atoms. The molecule has 0 aromatic carbocycles. The van der Waals surface area contributed by atoms with Gasteiger partial charge in [-0.3, -0.25) is 4.90 Å². The van der Waals surface area contributed by atoms with Gasteiger partial charge >= 0.3 is 0 Å². The van der Waals surface area contributed by atoms with Crippen LogP contribution in [0, 0.1) is 11.3 Å². The molecule has 0 aromatic rings. The highest BCUT2D eigenvalue weighted by Gasteiger charge is 2.54. The number of nitrogens with one attached hydrogen (secondary N) is 1. The van der Waals surface area contributed by atoms with Gasteiger partial charge in [0.1, 0.15) is 0 Å². The highest BCUT2D eigenvalue weighted by molar-refractivity contribution is 5.06. The Labute approximate surface area is 113 Å². The molecule has 3 aliphatic rings. The van der Waals surface area contributed by atoms with Gasteiger partial charge in [0.15, 0.2) is 0 Å². The summed E-state index contributed by atoms with van der Waals surface area (Å²) in [7, 11) is 0. The van der Waals surface area contributed by atoms with E-state index in [1.165, 1.54) is 64.6 Å². The minimum atomic E-state index is 0.785. The molecule has 2 atom stereocenters. The van der Waals surface area contributed by atoms with Crippen LogP contribution < -0.4 is 5.32 Å². The minimum absolute atomic E-state index is 0.785. The Bertz CT molecular complexity index is 281. The largest absolute Gasteiger partial charge is 0.314 e. The van der Waals surface area contributed by atoms with E-state index in [0.29, 0.717) is 0 Å². The summed E-state index contributed by atoms with van der Waals surface area (Å²) in [6.07, 6.45) is 10.1. The Morgan fingerprint density at radius 3 is 2.56 bits per heavy atom. The Balaban J connectivity index is 1.47. The van der Waals surface area contributed by atoms with E-state index in [1.54, 1.807) is 0 Å². The fraction of sp³-hybridized carbons (Fsp3) is 1.00. The standard InChI is InChI=1S/C16H30N2/c1-3-9-17-15-6-10-18(13(2)11-15)12-16(7-8-16)14-4-5-14/h13-15,17H,3-12H2,1-2H3. The lowest BCUT2D eigenvalue weighted by Crippen LogP contribution is -2.49. The normalized spacial score (nSPS) is 35.7. The maximum absolute atomic E-state index is 3.71. The van der Waals surface area contributed by atoms with Crippen LogP contribution in [0.5, 0.6) is 0 Å². The topological polar surface area (TPSA) is 15.3 Å². The molecule has 2 unspecified atom stereocenters. The zero-order valence-electron chi connectivity index (χ0n) is 12.3. The third-order valence-corrected chi connectivity index (χ3v) is 5.55. The maximum Gasteiger partial charge on any atom is 0.00940 e. The number of piperidine rings is 1. The molecule has 2 aliphatic carbocycles. The second-order valence-corrected chi connectivity index (χ2v) is 7.13. The summed E-state index contributed by atoms with van der Waals surface area (Å²) in [5.74, 6) is 1.11. The minimum Gasteiger partial charge on any atom is -0.314 e. The molecule has 104 valence electrons. The molecular weight excluding hydrogens is 220 g/mol. The van der Waals surface area contributed by atoms with Crippen LogP contribution in [0.1, 0.15) is 58.8 Å². The summed E-state index contributed by atoms with van der Waals surface area (Å²) in [6, 6.07) is 1.58. The predicted molar refractivity (Wildman–Crippen MR) is 76.7 cm³/mol. The lowest BCUT2D eigenvalue weighted by atomic mass is 9.93. The zero-order chi connectivity index (χ0) is 12.6. The van der Waals surface area contributed by atoms with E-state index >= 15 is 0 Å². The van der Waals surface area contributed by atoms with E-state index in [4.69, 9.17) is 0 Å². The van der Waals surface area contributed by atoms with Crippen LogP contribution in [0.25, 0.3) is 0 Å². The molecule has 3 fully saturated rings. The first kappa shape index (κ1) is 12.9. The van der Waals surface area contributed by atoms with Crippen molar-refractivity contribution in [1.82, 2.24) is 10.2 Å². The van der Waals surface area contributed by atoms with Crippen LogP contribution in [-0.4, -0.2) is 36.6 Å². The van der Waals surface area contributed by atoms with Gasteiger partial charge in [0.2, 0.25) is 0 Å². The Morgan fingerprint density at radius 1 is 1.22 bits per heavy atom. The quantitative estimate of drug-likeness (QED) is 0.779. The highest BCUT2D eigenvalue weighted by Crippen LogP contribution is 2.61. The predicted octanol–water partition coefficient (Wildman–Crippen LogP) is 3.03. The Kier molecular flexibility index (Phi) is 3.68. The van der Waals surface area contributed by atoms with Crippen LogP contribution in [0.3, 0.4) is 0 Å². The first-order valence-electron chi connectivity index (χ1n) is 8.21. The van der Waals surface area contributed by atoms with E-state index in [-0.39, 0.29) is 0 Å². The summed E-state index contributed by atoms with van der Waals surface area (Å²) in [5, 5.41) is 3.71. The van der Waals surface area contributed by atoms with Crippen LogP contribution in [0.2, 0.25) is 0 Å². The van der Waals surface area contributed by atoms with Crippen LogP contribution in [0.4, 0.5) is 0 Å². The molecule has 3 rings (SSSR count). The second-order valence-electron chi connectivity index (χ2n) is 7.13. The van der Waals surface area contributed by atoms with Crippen LogP contribution >= 0.6 is 0 Å². The van der Waals surface area contributed by atoms with Crippen molar-refractivity contribution in [3.05, 3.63) is 0 Å². The van der Waals surface area contributed by atoms with Gasteiger partial charge < -0.3 is 5.32 Å². The number of rotatable bonds is 6. The van der Waals surface area contributed by atoms with Crippen molar-refractivity contribution in [3.8, 4) is 0 Å². The second kappa shape index (κ2) is 5.13. The monoisotopic (exact) mass is 250 g/mol. The average Bonchev–Trinajstić information content (AvgIpc) is 3.22. The molecule has 0 radical (unpaired) electrons. The number of hydrogen-bond acceptors (Lipinski definition) is 2. The van der Waals surface area contributed by atoms with E-state index < -0.39 is 0 Å².